The van der Waals surface area contributed by atoms with Crippen LogP contribution in [0, 0.1) is 12.8 Å². The molecule has 6 heteroatoms. The summed E-state index contributed by atoms with van der Waals surface area (Å²) in [7, 11) is 0. The van der Waals surface area contributed by atoms with E-state index in [1.54, 1.807) is 6.33 Å². The van der Waals surface area contributed by atoms with E-state index in [2.05, 4.69) is 34.0 Å². The van der Waals surface area contributed by atoms with Crippen LogP contribution in [-0.2, 0) is 6.54 Å². The average molecular weight is 323 g/mol. The van der Waals surface area contributed by atoms with Crippen LogP contribution < -0.4 is 4.74 Å². The van der Waals surface area contributed by atoms with E-state index in [-0.39, 0.29) is 12.0 Å². The number of fused-ring (bicyclic) bond motifs is 1. The first kappa shape index (κ1) is 15.1. The smallest absolute Gasteiger partial charge is 0.245 e. The largest absolute Gasteiger partial charge is 0.473 e. The molecule has 0 bridgehead atoms. The lowest BCUT2D eigenvalue weighted by atomic mass is 10.1. The van der Waals surface area contributed by atoms with Crippen LogP contribution >= 0.6 is 0 Å². The van der Waals surface area contributed by atoms with E-state index in [0.29, 0.717) is 24.4 Å². The molecule has 0 unspecified atom stereocenters. The molecule has 4 rings (SSSR count). The molecular formula is C18H19N4O2. The van der Waals surface area contributed by atoms with Gasteiger partial charge in [-0.3, -0.25) is 0 Å². The quantitative estimate of drug-likeness (QED) is 0.797. The third-order valence-electron chi connectivity index (χ3n) is 4.46. The molecule has 3 aromatic rings. The molecular weight excluding hydrogens is 304 g/mol. The Hall–Kier alpha value is -2.47. The van der Waals surface area contributed by atoms with Crippen molar-refractivity contribution in [3.05, 3.63) is 55.5 Å². The number of benzene rings is 1. The molecule has 123 valence electrons. The molecule has 0 saturated heterocycles. The Morgan fingerprint density at radius 3 is 2.75 bits per heavy atom. The summed E-state index contributed by atoms with van der Waals surface area (Å²) in [6, 6.07) is 10.2. The highest BCUT2D eigenvalue weighted by Gasteiger charge is 2.32. The first-order chi connectivity index (χ1) is 11.7. The van der Waals surface area contributed by atoms with Crippen LogP contribution in [0.15, 0.2) is 43.0 Å². The number of hydrogen-bond donors (Lipinski definition) is 1. The fourth-order valence-corrected chi connectivity index (χ4v) is 3.15. The van der Waals surface area contributed by atoms with Gasteiger partial charge in [0.05, 0.1) is 19.0 Å². The van der Waals surface area contributed by atoms with E-state index in [1.165, 1.54) is 11.9 Å². The van der Waals surface area contributed by atoms with Crippen molar-refractivity contribution in [3.8, 4) is 5.88 Å². The maximum atomic E-state index is 9.83. The van der Waals surface area contributed by atoms with Crippen LogP contribution in [-0.4, -0.2) is 36.8 Å². The van der Waals surface area contributed by atoms with Gasteiger partial charge in [-0.15, -0.1) is 0 Å². The molecule has 0 amide bonds. The van der Waals surface area contributed by atoms with Gasteiger partial charge in [-0.05, 0) is 24.8 Å². The second-order valence-corrected chi connectivity index (χ2v) is 6.25. The summed E-state index contributed by atoms with van der Waals surface area (Å²) in [4.78, 5) is 13.0. The highest BCUT2D eigenvalue weighted by atomic mass is 16.5. The van der Waals surface area contributed by atoms with Gasteiger partial charge in [0.2, 0.25) is 5.88 Å². The molecule has 1 aliphatic rings. The number of rotatable bonds is 4. The Balaban J connectivity index is 1.60. The number of aliphatic hydroxyl groups excluding tert-OH is 1. The van der Waals surface area contributed by atoms with Gasteiger partial charge in [-0.25, -0.2) is 9.97 Å². The predicted octanol–water partition coefficient (Wildman–Crippen LogP) is 2.23. The average Bonchev–Trinajstić information content (AvgIpc) is 3.13. The monoisotopic (exact) mass is 323 g/mol. The third kappa shape index (κ3) is 2.85. The Kier molecular flexibility index (Phi) is 3.90. The van der Waals surface area contributed by atoms with Crippen molar-refractivity contribution in [3.63, 3.8) is 0 Å². The minimum Gasteiger partial charge on any atom is -0.473 e. The Morgan fingerprint density at radius 2 is 2.00 bits per heavy atom. The normalized spacial score (nSPS) is 23.7. The topological polar surface area (TPSA) is 73.1 Å². The van der Waals surface area contributed by atoms with Gasteiger partial charge in [0, 0.05) is 6.42 Å². The molecule has 24 heavy (non-hydrogen) atoms. The zero-order valence-corrected chi connectivity index (χ0v) is 13.2. The molecule has 1 fully saturated rings. The van der Waals surface area contributed by atoms with Gasteiger partial charge < -0.3 is 14.4 Å². The van der Waals surface area contributed by atoms with Crippen LogP contribution in [0.3, 0.4) is 0 Å². The molecule has 1 N–H and O–H groups in total. The molecule has 1 aromatic carbocycles. The standard InChI is InChI=1S/C18H19N4O2/c1-12-7-14(8-15(12)23)24-18-16-17(19-10-20-18)22(11-21-16)9-13-5-3-2-4-6-13/h2-6,10-12,14-15,23H,1,7-9H2/t12-,14+,15-/m0/s1. The number of imidazole rings is 1. The lowest BCUT2D eigenvalue weighted by Gasteiger charge is -2.12. The SMILES string of the molecule is [CH2][C@H]1C[C@@H](Oc2ncnc3c2ncn3Cc2ccccc2)C[C@@H]1O. The van der Waals surface area contributed by atoms with Crippen LogP contribution in [0.25, 0.3) is 11.2 Å². The maximum Gasteiger partial charge on any atom is 0.245 e. The molecule has 0 aliphatic heterocycles. The van der Waals surface area contributed by atoms with Gasteiger partial charge in [0.1, 0.15) is 12.4 Å². The van der Waals surface area contributed by atoms with E-state index in [4.69, 9.17) is 4.74 Å². The van der Waals surface area contributed by atoms with E-state index in [1.807, 2.05) is 22.8 Å². The highest BCUT2D eigenvalue weighted by Crippen LogP contribution is 2.30. The van der Waals surface area contributed by atoms with Gasteiger partial charge >= 0.3 is 0 Å². The van der Waals surface area contributed by atoms with Crippen molar-refractivity contribution >= 4 is 11.2 Å². The molecule has 1 saturated carbocycles. The number of hydrogen-bond acceptors (Lipinski definition) is 5. The summed E-state index contributed by atoms with van der Waals surface area (Å²) in [5.74, 6) is 0.473. The number of nitrogens with zero attached hydrogens (tertiary/aromatic N) is 4. The van der Waals surface area contributed by atoms with Crippen molar-refractivity contribution < 1.29 is 9.84 Å². The summed E-state index contributed by atoms with van der Waals surface area (Å²) in [5, 5.41) is 9.83. The molecule has 1 aliphatic carbocycles. The second kappa shape index (κ2) is 6.20. The number of aromatic nitrogens is 4. The van der Waals surface area contributed by atoms with Crippen molar-refractivity contribution in [1.82, 2.24) is 19.5 Å². The minimum atomic E-state index is -0.414. The zero-order valence-electron chi connectivity index (χ0n) is 13.2. The fourth-order valence-electron chi connectivity index (χ4n) is 3.15. The van der Waals surface area contributed by atoms with E-state index in [9.17, 15) is 5.11 Å². The van der Waals surface area contributed by atoms with E-state index >= 15 is 0 Å². The first-order valence-electron chi connectivity index (χ1n) is 8.08. The summed E-state index contributed by atoms with van der Waals surface area (Å²) in [6.45, 7) is 4.63. The van der Waals surface area contributed by atoms with E-state index in [0.717, 1.165) is 12.1 Å². The predicted molar refractivity (Wildman–Crippen MR) is 89.4 cm³/mol. The Labute approximate surface area is 140 Å². The number of aliphatic hydroxyl groups is 1. The lowest BCUT2D eigenvalue weighted by Crippen LogP contribution is -2.14. The highest BCUT2D eigenvalue weighted by molar-refractivity contribution is 5.76. The van der Waals surface area contributed by atoms with Gasteiger partial charge in [0.25, 0.3) is 0 Å². The molecule has 0 spiro atoms. The van der Waals surface area contributed by atoms with Crippen molar-refractivity contribution in [1.29, 1.82) is 0 Å². The maximum absolute atomic E-state index is 9.83. The molecule has 2 heterocycles. The summed E-state index contributed by atoms with van der Waals surface area (Å²) in [6.07, 6.45) is 4.05. The van der Waals surface area contributed by atoms with Gasteiger partial charge in [-0.2, -0.15) is 4.98 Å². The second-order valence-electron chi connectivity index (χ2n) is 6.25. The number of ether oxygens (including phenoxy) is 1. The van der Waals surface area contributed by atoms with Crippen LogP contribution in [0.1, 0.15) is 18.4 Å². The summed E-state index contributed by atoms with van der Waals surface area (Å²) < 4.78 is 7.95. The first-order valence-corrected chi connectivity index (χ1v) is 8.08. The van der Waals surface area contributed by atoms with Gasteiger partial charge in [0.15, 0.2) is 11.2 Å². The van der Waals surface area contributed by atoms with Crippen LogP contribution in [0.4, 0.5) is 0 Å². The van der Waals surface area contributed by atoms with Crippen molar-refractivity contribution in [2.24, 2.45) is 5.92 Å². The van der Waals surface area contributed by atoms with E-state index < -0.39 is 6.10 Å². The van der Waals surface area contributed by atoms with Crippen LogP contribution in [0.5, 0.6) is 5.88 Å². The van der Waals surface area contributed by atoms with Crippen LogP contribution in [0.2, 0.25) is 0 Å². The summed E-state index contributed by atoms with van der Waals surface area (Å²) in [5.41, 5.74) is 2.57. The van der Waals surface area contributed by atoms with Crippen molar-refractivity contribution in [2.75, 3.05) is 0 Å². The molecule has 2 aromatic heterocycles. The zero-order chi connectivity index (χ0) is 16.5. The molecule has 6 nitrogen and oxygen atoms in total. The lowest BCUT2D eigenvalue weighted by molar-refractivity contribution is 0.135. The summed E-state index contributed by atoms with van der Waals surface area (Å²) >= 11 is 0. The Morgan fingerprint density at radius 1 is 1.17 bits per heavy atom. The Bertz CT molecular complexity index is 823. The third-order valence-corrected chi connectivity index (χ3v) is 4.46. The molecule has 1 radical (unpaired) electrons. The van der Waals surface area contributed by atoms with Gasteiger partial charge in [-0.1, -0.05) is 30.3 Å². The minimum absolute atomic E-state index is 0.00275. The van der Waals surface area contributed by atoms with Crippen molar-refractivity contribution in [2.45, 2.75) is 31.6 Å². The fraction of sp³-hybridized carbons (Fsp3) is 0.333. The molecule has 3 atom stereocenters.